The second-order valence-corrected chi connectivity index (χ2v) is 7.14. The van der Waals surface area contributed by atoms with Crippen LogP contribution in [0.5, 0.6) is 0 Å². The standard InChI is InChI=1S/C24H26N2O3/c1-4-18(19-10-6-5-7-11-19)15-25-23(27)17(3)29-24(28)21-14-16(2)26-22-13-9-8-12-20(21)22/h5-14,17-18H,4,15H2,1-3H3,(H,25,27)/t17-,18-/m1/s1. The Bertz CT molecular complexity index is 1000. The normalized spacial score (nSPS) is 12.9. The van der Waals surface area contributed by atoms with Crippen molar-refractivity contribution >= 4 is 22.8 Å². The van der Waals surface area contributed by atoms with Gasteiger partial charge in [-0.1, -0.05) is 55.5 Å². The third kappa shape index (κ3) is 4.99. The van der Waals surface area contributed by atoms with Crippen LogP contribution in [-0.2, 0) is 9.53 Å². The first kappa shape index (κ1) is 20.5. The zero-order valence-electron chi connectivity index (χ0n) is 17.0. The lowest BCUT2D eigenvalue weighted by Crippen LogP contribution is -2.38. The van der Waals surface area contributed by atoms with E-state index >= 15 is 0 Å². The number of carbonyl (C=O) groups excluding carboxylic acids is 2. The van der Waals surface area contributed by atoms with Crippen LogP contribution in [0, 0.1) is 6.92 Å². The molecule has 0 spiro atoms. The molecular weight excluding hydrogens is 364 g/mol. The molecule has 0 fully saturated rings. The quantitative estimate of drug-likeness (QED) is 0.607. The maximum absolute atomic E-state index is 12.7. The highest BCUT2D eigenvalue weighted by Crippen LogP contribution is 2.20. The number of esters is 1. The molecule has 1 N–H and O–H groups in total. The molecule has 0 bridgehead atoms. The van der Waals surface area contributed by atoms with Crippen LogP contribution in [-0.4, -0.2) is 29.5 Å². The first-order chi connectivity index (χ1) is 14.0. The van der Waals surface area contributed by atoms with Gasteiger partial charge in [-0.2, -0.15) is 0 Å². The SMILES string of the molecule is CC[C@H](CNC(=O)[C@@H](C)OC(=O)c1cc(C)nc2ccccc12)c1ccccc1. The van der Waals surface area contributed by atoms with Gasteiger partial charge in [0.25, 0.3) is 5.91 Å². The summed E-state index contributed by atoms with van der Waals surface area (Å²) >= 11 is 0. The van der Waals surface area contributed by atoms with Gasteiger partial charge in [-0.05, 0) is 38.0 Å². The zero-order chi connectivity index (χ0) is 20.8. The van der Waals surface area contributed by atoms with Gasteiger partial charge in [0.05, 0.1) is 11.1 Å². The number of fused-ring (bicyclic) bond motifs is 1. The molecule has 0 aliphatic heterocycles. The van der Waals surface area contributed by atoms with E-state index in [0.717, 1.165) is 17.6 Å². The van der Waals surface area contributed by atoms with Gasteiger partial charge in [0.15, 0.2) is 6.10 Å². The van der Waals surface area contributed by atoms with Crippen molar-refractivity contribution in [2.24, 2.45) is 0 Å². The third-order valence-electron chi connectivity index (χ3n) is 5.00. The molecule has 0 unspecified atom stereocenters. The van der Waals surface area contributed by atoms with Gasteiger partial charge in [-0.25, -0.2) is 4.79 Å². The molecule has 0 saturated carbocycles. The molecule has 1 heterocycles. The number of carbonyl (C=O) groups is 2. The number of nitrogens with one attached hydrogen (secondary N) is 1. The molecule has 150 valence electrons. The van der Waals surface area contributed by atoms with Crippen molar-refractivity contribution in [2.45, 2.75) is 39.2 Å². The van der Waals surface area contributed by atoms with Crippen molar-refractivity contribution in [1.82, 2.24) is 10.3 Å². The molecule has 1 amide bonds. The fourth-order valence-electron chi connectivity index (χ4n) is 3.34. The fourth-order valence-corrected chi connectivity index (χ4v) is 3.34. The fraction of sp³-hybridized carbons (Fsp3) is 0.292. The van der Waals surface area contributed by atoms with Crippen LogP contribution in [0.25, 0.3) is 10.9 Å². The summed E-state index contributed by atoms with van der Waals surface area (Å²) in [6.45, 7) is 6.00. The Labute approximate surface area is 171 Å². The number of hydrogen-bond donors (Lipinski definition) is 1. The minimum Gasteiger partial charge on any atom is -0.449 e. The van der Waals surface area contributed by atoms with Crippen molar-refractivity contribution in [1.29, 1.82) is 0 Å². The van der Waals surface area contributed by atoms with E-state index in [4.69, 9.17) is 4.74 Å². The summed E-state index contributed by atoms with van der Waals surface area (Å²) < 4.78 is 5.45. The minimum atomic E-state index is -0.886. The van der Waals surface area contributed by atoms with Gasteiger partial charge in [-0.3, -0.25) is 9.78 Å². The van der Waals surface area contributed by atoms with Gasteiger partial charge in [0, 0.05) is 23.5 Å². The molecule has 5 heteroatoms. The van der Waals surface area contributed by atoms with Crippen LogP contribution in [0.1, 0.15) is 47.8 Å². The molecule has 5 nitrogen and oxygen atoms in total. The van der Waals surface area contributed by atoms with Crippen molar-refractivity contribution in [3.8, 4) is 0 Å². The molecule has 0 radical (unpaired) electrons. The van der Waals surface area contributed by atoms with E-state index in [1.54, 1.807) is 13.0 Å². The van der Waals surface area contributed by atoms with E-state index in [2.05, 4.69) is 29.4 Å². The zero-order valence-corrected chi connectivity index (χ0v) is 17.0. The Morgan fingerprint density at radius 2 is 1.76 bits per heavy atom. The topological polar surface area (TPSA) is 68.3 Å². The molecule has 0 aliphatic rings. The Kier molecular flexibility index (Phi) is 6.60. The van der Waals surface area contributed by atoms with Crippen molar-refractivity contribution in [2.75, 3.05) is 6.54 Å². The predicted octanol–water partition coefficient (Wildman–Crippen LogP) is 4.40. The van der Waals surface area contributed by atoms with E-state index in [1.165, 1.54) is 5.56 Å². The number of amides is 1. The summed E-state index contributed by atoms with van der Waals surface area (Å²) in [6, 6.07) is 19.2. The van der Waals surface area contributed by atoms with Crippen molar-refractivity contribution in [3.05, 3.63) is 77.5 Å². The molecule has 0 saturated heterocycles. The number of aromatic nitrogens is 1. The number of rotatable bonds is 7. The molecule has 2 aromatic carbocycles. The second kappa shape index (κ2) is 9.32. The van der Waals surface area contributed by atoms with Gasteiger partial charge in [0.1, 0.15) is 0 Å². The highest BCUT2D eigenvalue weighted by Gasteiger charge is 2.21. The van der Waals surface area contributed by atoms with Crippen LogP contribution in [0.4, 0.5) is 0 Å². The number of ether oxygens (including phenoxy) is 1. The van der Waals surface area contributed by atoms with Gasteiger partial charge in [-0.15, -0.1) is 0 Å². The highest BCUT2D eigenvalue weighted by atomic mass is 16.5. The maximum Gasteiger partial charge on any atom is 0.339 e. The summed E-state index contributed by atoms with van der Waals surface area (Å²) in [7, 11) is 0. The summed E-state index contributed by atoms with van der Waals surface area (Å²) in [5.41, 5.74) is 3.05. The third-order valence-corrected chi connectivity index (χ3v) is 5.00. The molecule has 3 rings (SSSR count). The first-order valence-corrected chi connectivity index (χ1v) is 9.89. The summed E-state index contributed by atoms with van der Waals surface area (Å²) in [4.78, 5) is 29.6. The number of aryl methyl sites for hydroxylation is 1. The average molecular weight is 390 g/mol. The smallest absolute Gasteiger partial charge is 0.339 e. The van der Waals surface area contributed by atoms with E-state index in [0.29, 0.717) is 17.5 Å². The number of nitrogens with zero attached hydrogens (tertiary/aromatic N) is 1. The minimum absolute atomic E-state index is 0.217. The molecule has 3 aromatic rings. The molecule has 29 heavy (non-hydrogen) atoms. The van der Waals surface area contributed by atoms with Crippen LogP contribution < -0.4 is 5.32 Å². The predicted molar refractivity (Wildman–Crippen MR) is 114 cm³/mol. The molecule has 2 atom stereocenters. The first-order valence-electron chi connectivity index (χ1n) is 9.89. The number of para-hydroxylation sites is 1. The van der Waals surface area contributed by atoms with Gasteiger partial charge in [0.2, 0.25) is 0 Å². The average Bonchev–Trinajstić information content (AvgIpc) is 2.74. The maximum atomic E-state index is 12.7. The number of hydrogen-bond acceptors (Lipinski definition) is 4. The second-order valence-electron chi connectivity index (χ2n) is 7.14. The molecule has 1 aromatic heterocycles. The van der Waals surface area contributed by atoms with E-state index in [1.807, 2.05) is 49.4 Å². The van der Waals surface area contributed by atoms with Crippen LogP contribution in [0.3, 0.4) is 0 Å². The summed E-state index contributed by atoms with van der Waals surface area (Å²) in [5.74, 6) is -0.609. The summed E-state index contributed by atoms with van der Waals surface area (Å²) in [5, 5.41) is 3.62. The van der Waals surface area contributed by atoms with E-state index in [9.17, 15) is 9.59 Å². The Morgan fingerprint density at radius 1 is 1.07 bits per heavy atom. The van der Waals surface area contributed by atoms with Crippen molar-refractivity contribution in [3.63, 3.8) is 0 Å². The van der Waals surface area contributed by atoms with Crippen molar-refractivity contribution < 1.29 is 14.3 Å². The highest BCUT2D eigenvalue weighted by molar-refractivity contribution is 6.04. The van der Waals surface area contributed by atoms with E-state index < -0.39 is 12.1 Å². The monoisotopic (exact) mass is 390 g/mol. The Morgan fingerprint density at radius 3 is 2.48 bits per heavy atom. The van der Waals surface area contributed by atoms with Gasteiger partial charge >= 0.3 is 5.97 Å². The van der Waals surface area contributed by atoms with Crippen LogP contribution in [0.2, 0.25) is 0 Å². The lowest BCUT2D eigenvalue weighted by Gasteiger charge is -2.19. The molecular formula is C24H26N2O3. The van der Waals surface area contributed by atoms with Gasteiger partial charge < -0.3 is 10.1 Å². The lowest BCUT2D eigenvalue weighted by molar-refractivity contribution is -0.129. The van der Waals surface area contributed by atoms with Crippen LogP contribution in [0.15, 0.2) is 60.7 Å². The number of benzene rings is 2. The lowest BCUT2D eigenvalue weighted by atomic mass is 9.96. The Hall–Kier alpha value is -3.21. The largest absolute Gasteiger partial charge is 0.449 e. The Balaban J connectivity index is 1.65. The molecule has 0 aliphatic carbocycles. The van der Waals surface area contributed by atoms with E-state index in [-0.39, 0.29) is 11.8 Å². The number of pyridine rings is 1. The van der Waals surface area contributed by atoms with Crippen LogP contribution >= 0.6 is 0 Å². The summed E-state index contributed by atoms with van der Waals surface area (Å²) in [6.07, 6.45) is 0.0174.